The molecule has 1 aliphatic heterocycles. The molecule has 17 heavy (non-hydrogen) atoms. The molecule has 1 saturated heterocycles. The van der Waals surface area contributed by atoms with E-state index >= 15 is 0 Å². The average Bonchev–Trinajstić information content (AvgIpc) is 2.33. The normalized spacial score (nSPS) is 20.2. The highest BCUT2D eigenvalue weighted by Crippen LogP contribution is 2.28. The molecule has 1 heterocycles. The van der Waals surface area contributed by atoms with Crippen LogP contribution in [0.15, 0.2) is 24.3 Å². The summed E-state index contributed by atoms with van der Waals surface area (Å²) in [5.41, 5.74) is 6.47. The summed E-state index contributed by atoms with van der Waals surface area (Å²) < 4.78 is 0. The number of benzene rings is 1. The maximum atomic E-state index is 11.8. The van der Waals surface area contributed by atoms with Crippen molar-refractivity contribution >= 4 is 23.2 Å². The highest BCUT2D eigenvalue weighted by Gasteiger charge is 2.29. The summed E-state index contributed by atoms with van der Waals surface area (Å²) in [7, 11) is 0. The number of nitrogens with two attached hydrogens (primary N) is 1. The number of carbonyl (C=O) groups excluding carboxylic acids is 1. The quantitative estimate of drug-likeness (QED) is 0.845. The van der Waals surface area contributed by atoms with Crippen LogP contribution in [0.25, 0.3) is 0 Å². The van der Waals surface area contributed by atoms with Crippen molar-refractivity contribution < 1.29 is 4.79 Å². The number of hydrogen-bond donors (Lipinski definition) is 2. The van der Waals surface area contributed by atoms with Crippen LogP contribution in [0.3, 0.4) is 0 Å². The van der Waals surface area contributed by atoms with E-state index in [1.165, 1.54) is 0 Å². The Bertz CT molecular complexity index is 410. The molecule has 0 radical (unpaired) electrons. The van der Waals surface area contributed by atoms with Crippen LogP contribution in [0.2, 0.25) is 5.02 Å². The van der Waals surface area contributed by atoms with Gasteiger partial charge in [0, 0.05) is 13.1 Å². The molecule has 1 unspecified atom stereocenters. The standard InChI is InChI=1S/C12H16ClN3O/c13-9-3-1-2-4-10(9)16-8-7-15-12(17)11(16)5-6-14/h1-4,11H,5-8,14H2,(H,15,17). The molecule has 2 rings (SSSR count). The number of carbonyl (C=O) groups is 1. The zero-order valence-electron chi connectivity index (χ0n) is 9.53. The summed E-state index contributed by atoms with van der Waals surface area (Å²) in [6.07, 6.45) is 0.636. The van der Waals surface area contributed by atoms with Crippen LogP contribution in [-0.4, -0.2) is 31.6 Å². The first-order valence-corrected chi connectivity index (χ1v) is 6.11. The van der Waals surface area contributed by atoms with E-state index in [0.29, 0.717) is 24.5 Å². The van der Waals surface area contributed by atoms with Crippen molar-refractivity contribution in [2.24, 2.45) is 5.73 Å². The maximum absolute atomic E-state index is 11.8. The van der Waals surface area contributed by atoms with Crippen LogP contribution in [0.4, 0.5) is 5.69 Å². The number of hydrogen-bond acceptors (Lipinski definition) is 3. The number of nitrogens with one attached hydrogen (secondary N) is 1. The first kappa shape index (κ1) is 12.2. The van der Waals surface area contributed by atoms with Gasteiger partial charge in [0.15, 0.2) is 0 Å². The molecule has 3 N–H and O–H groups in total. The van der Waals surface area contributed by atoms with Gasteiger partial charge in [0.05, 0.1) is 10.7 Å². The Morgan fingerprint density at radius 1 is 1.47 bits per heavy atom. The Hall–Kier alpha value is -1.26. The van der Waals surface area contributed by atoms with Gasteiger partial charge in [0.1, 0.15) is 6.04 Å². The van der Waals surface area contributed by atoms with Gasteiger partial charge in [-0.25, -0.2) is 0 Å². The van der Waals surface area contributed by atoms with Gasteiger partial charge in [-0.3, -0.25) is 4.79 Å². The lowest BCUT2D eigenvalue weighted by atomic mass is 10.1. The smallest absolute Gasteiger partial charge is 0.242 e. The summed E-state index contributed by atoms with van der Waals surface area (Å²) in [6, 6.07) is 7.36. The molecule has 5 heteroatoms. The molecule has 0 aliphatic carbocycles. The molecule has 92 valence electrons. The molecule has 1 aromatic rings. The molecule has 0 spiro atoms. The molecule has 1 atom stereocenters. The van der Waals surface area contributed by atoms with Crippen LogP contribution >= 0.6 is 11.6 Å². The second kappa shape index (κ2) is 5.38. The molecule has 4 nitrogen and oxygen atoms in total. The molecule has 1 aromatic carbocycles. The maximum Gasteiger partial charge on any atom is 0.242 e. The Balaban J connectivity index is 2.28. The van der Waals surface area contributed by atoms with Crippen molar-refractivity contribution in [2.75, 3.05) is 24.5 Å². The third-order valence-electron chi connectivity index (χ3n) is 2.93. The van der Waals surface area contributed by atoms with E-state index in [4.69, 9.17) is 17.3 Å². The zero-order valence-corrected chi connectivity index (χ0v) is 10.3. The number of nitrogens with zero attached hydrogens (tertiary/aromatic N) is 1. The van der Waals surface area contributed by atoms with Gasteiger partial charge in [-0.15, -0.1) is 0 Å². The van der Waals surface area contributed by atoms with E-state index in [1.54, 1.807) is 0 Å². The summed E-state index contributed by atoms with van der Waals surface area (Å²) >= 11 is 6.17. The van der Waals surface area contributed by atoms with E-state index in [-0.39, 0.29) is 11.9 Å². The zero-order chi connectivity index (χ0) is 12.3. The molecule has 1 amide bonds. The van der Waals surface area contributed by atoms with E-state index in [9.17, 15) is 4.79 Å². The summed E-state index contributed by atoms with van der Waals surface area (Å²) in [5.74, 6) is 0.0293. The monoisotopic (exact) mass is 253 g/mol. The summed E-state index contributed by atoms with van der Waals surface area (Å²) in [6.45, 7) is 1.89. The first-order valence-electron chi connectivity index (χ1n) is 5.73. The molecule has 1 fully saturated rings. The van der Waals surface area contributed by atoms with Gasteiger partial charge < -0.3 is 16.0 Å². The topological polar surface area (TPSA) is 58.4 Å². The van der Waals surface area contributed by atoms with E-state index in [0.717, 1.165) is 12.2 Å². The highest BCUT2D eigenvalue weighted by molar-refractivity contribution is 6.33. The predicted molar refractivity (Wildman–Crippen MR) is 69.3 cm³/mol. The molecular formula is C12H16ClN3O. The van der Waals surface area contributed by atoms with Gasteiger partial charge in [0.2, 0.25) is 5.91 Å². The fourth-order valence-corrected chi connectivity index (χ4v) is 2.38. The van der Waals surface area contributed by atoms with Crippen molar-refractivity contribution in [2.45, 2.75) is 12.5 Å². The van der Waals surface area contributed by atoms with Crippen LogP contribution in [0.1, 0.15) is 6.42 Å². The van der Waals surface area contributed by atoms with Crippen molar-refractivity contribution in [3.05, 3.63) is 29.3 Å². The second-order valence-corrected chi connectivity index (χ2v) is 4.44. The van der Waals surface area contributed by atoms with Crippen molar-refractivity contribution in [1.29, 1.82) is 0 Å². The highest BCUT2D eigenvalue weighted by atomic mass is 35.5. The lowest BCUT2D eigenvalue weighted by Crippen LogP contribution is -2.56. The van der Waals surface area contributed by atoms with Crippen molar-refractivity contribution in [3.63, 3.8) is 0 Å². The number of piperazine rings is 1. The fraction of sp³-hybridized carbons (Fsp3) is 0.417. The van der Waals surface area contributed by atoms with Crippen LogP contribution in [0.5, 0.6) is 0 Å². The predicted octanol–water partition coefficient (Wildman–Crippen LogP) is 0.994. The van der Waals surface area contributed by atoms with Gasteiger partial charge in [-0.1, -0.05) is 23.7 Å². The third kappa shape index (κ3) is 2.53. The van der Waals surface area contributed by atoms with E-state index in [2.05, 4.69) is 5.32 Å². The Kier molecular flexibility index (Phi) is 3.86. The van der Waals surface area contributed by atoms with Crippen molar-refractivity contribution in [1.82, 2.24) is 5.32 Å². The van der Waals surface area contributed by atoms with Crippen molar-refractivity contribution in [3.8, 4) is 0 Å². The number of halogens is 1. The SMILES string of the molecule is NCCC1C(=O)NCCN1c1ccccc1Cl. The molecule has 0 saturated carbocycles. The summed E-state index contributed by atoms with van der Waals surface area (Å²) in [5, 5.41) is 3.53. The minimum absolute atomic E-state index is 0.0293. The van der Waals surface area contributed by atoms with Crippen LogP contribution < -0.4 is 16.0 Å². The number of anilines is 1. The fourth-order valence-electron chi connectivity index (χ4n) is 2.13. The van der Waals surface area contributed by atoms with Crippen LogP contribution in [0, 0.1) is 0 Å². The molecular weight excluding hydrogens is 238 g/mol. The Labute approximate surface area is 106 Å². The van der Waals surface area contributed by atoms with E-state index in [1.807, 2.05) is 29.2 Å². The van der Waals surface area contributed by atoms with Gasteiger partial charge in [-0.05, 0) is 25.1 Å². The largest absolute Gasteiger partial charge is 0.356 e. The number of amides is 1. The lowest BCUT2D eigenvalue weighted by Gasteiger charge is -2.37. The lowest BCUT2D eigenvalue weighted by molar-refractivity contribution is -0.123. The summed E-state index contributed by atoms with van der Waals surface area (Å²) in [4.78, 5) is 13.9. The Morgan fingerprint density at radius 3 is 2.94 bits per heavy atom. The molecule has 0 bridgehead atoms. The molecule has 1 aliphatic rings. The molecule has 0 aromatic heterocycles. The van der Waals surface area contributed by atoms with Crippen LogP contribution in [-0.2, 0) is 4.79 Å². The third-order valence-corrected chi connectivity index (χ3v) is 3.25. The minimum Gasteiger partial charge on any atom is -0.356 e. The second-order valence-electron chi connectivity index (χ2n) is 4.03. The van der Waals surface area contributed by atoms with E-state index < -0.39 is 0 Å². The Morgan fingerprint density at radius 2 is 2.24 bits per heavy atom. The van der Waals surface area contributed by atoms with Gasteiger partial charge >= 0.3 is 0 Å². The first-order chi connectivity index (χ1) is 8.24. The number of rotatable bonds is 3. The number of para-hydroxylation sites is 1. The van der Waals surface area contributed by atoms with Gasteiger partial charge in [0.25, 0.3) is 0 Å². The van der Waals surface area contributed by atoms with Gasteiger partial charge in [-0.2, -0.15) is 0 Å². The minimum atomic E-state index is -0.214. The average molecular weight is 254 g/mol.